The first-order chi connectivity index (χ1) is 7.31. The lowest BCUT2D eigenvalue weighted by molar-refractivity contribution is -0.123. The Kier molecular flexibility index (Phi) is 3.62. The van der Waals surface area contributed by atoms with Gasteiger partial charge in [-0.05, 0) is 25.2 Å². The number of hydrogen-bond donors (Lipinski definition) is 1. The zero-order chi connectivity index (χ0) is 10.7. The van der Waals surface area contributed by atoms with Crippen molar-refractivity contribution in [3.05, 3.63) is 0 Å². The largest absolute Gasteiger partial charge is 0.384 e. The Morgan fingerprint density at radius 1 is 1.33 bits per heavy atom. The molecule has 1 amide bonds. The number of rotatable bonds is 4. The lowest BCUT2D eigenvalue weighted by Crippen LogP contribution is -2.37. The van der Waals surface area contributed by atoms with Crippen molar-refractivity contribution in [2.24, 2.45) is 11.8 Å². The average molecular weight is 211 g/mol. The molecule has 0 heterocycles. The van der Waals surface area contributed by atoms with Gasteiger partial charge in [0, 0.05) is 25.7 Å². The van der Waals surface area contributed by atoms with Gasteiger partial charge in [0.15, 0.2) is 0 Å². The van der Waals surface area contributed by atoms with Crippen LogP contribution in [0, 0.1) is 11.8 Å². The Morgan fingerprint density at radius 3 is 2.73 bits per heavy atom. The Morgan fingerprint density at radius 2 is 2.07 bits per heavy atom. The molecule has 2 atom stereocenters. The summed E-state index contributed by atoms with van der Waals surface area (Å²) >= 11 is 0. The van der Waals surface area contributed by atoms with Gasteiger partial charge < -0.3 is 10.1 Å². The molecule has 0 aliphatic heterocycles. The standard InChI is InChI=1S/C12H21NO2/c1-15-8-9-7-11(9)12(14)13-10-5-3-2-4-6-10/h9-11H,2-8H2,1H3,(H,13,14)/t9-,11?/m0/s1. The Bertz CT molecular complexity index is 224. The third-order valence-corrected chi connectivity index (χ3v) is 3.59. The van der Waals surface area contributed by atoms with Crippen LogP contribution < -0.4 is 5.32 Å². The van der Waals surface area contributed by atoms with E-state index < -0.39 is 0 Å². The second-order valence-electron chi connectivity index (χ2n) is 4.90. The van der Waals surface area contributed by atoms with Crippen LogP contribution in [0.25, 0.3) is 0 Å². The summed E-state index contributed by atoms with van der Waals surface area (Å²) in [6, 6.07) is 0.454. The molecule has 0 spiro atoms. The Hall–Kier alpha value is -0.570. The number of carbonyl (C=O) groups is 1. The van der Waals surface area contributed by atoms with Crippen molar-refractivity contribution in [1.82, 2.24) is 5.32 Å². The lowest BCUT2D eigenvalue weighted by atomic mass is 9.95. The SMILES string of the molecule is COC[C@@H]1CC1C(=O)NC1CCCCC1. The highest BCUT2D eigenvalue weighted by Crippen LogP contribution is 2.38. The molecule has 86 valence electrons. The van der Waals surface area contributed by atoms with E-state index in [1.165, 1.54) is 32.1 Å². The van der Waals surface area contributed by atoms with Gasteiger partial charge in [0.25, 0.3) is 0 Å². The first-order valence-corrected chi connectivity index (χ1v) is 6.10. The highest BCUT2D eigenvalue weighted by atomic mass is 16.5. The molecule has 0 aromatic carbocycles. The third-order valence-electron chi connectivity index (χ3n) is 3.59. The number of nitrogens with one attached hydrogen (secondary N) is 1. The van der Waals surface area contributed by atoms with E-state index in [-0.39, 0.29) is 11.8 Å². The summed E-state index contributed by atoms with van der Waals surface area (Å²) < 4.78 is 5.06. The molecule has 0 aromatic rings. The van der Waals surface area contributed by atoms with Crippen molar-refractivity contribution in [2.45, 2.75) is 44.6 Å². The van der Waals surface area contributed by atoms with Gasteiger partial charge in [-0.3, -0.25) is 4.79 Å². The molecule has 2 aliphatic rings. The molecule has 1 unspecified atom stereocenters. The van der Waals surface area contributed by atoms with Crippen LogP contribution in [0.1, 0.15) is 38.5 Å². The second kappa shape index (κ2) is 4.97. The minimum absolute atomic E-state index is 0.242. The van der Waals surface area contributed by atoms with Crippen LogP contribution in [-0.4, -0.2) is 25.7 Å². The quantitative estimate of drug-likeness (QED) is 0.769. The van der Waals surface area contributed by atoms with Gasteiger partial charge in [0.1, 0.15) is 0 Å². The van der Waals surface area contributed by atoms with E-state index in [0.29, 0.717) is 12.0 Å². The maximum Gasteiger partial charge on any atom is 0.223 e. The van der Waals surface area contributed by atoms with Crippen molar-refractivity contribution < 1.29 is 9.53 Å². The fourth-order valence-electron chi connectivity index (χ4n) is 2.52. The minimum Gasteiger partial charge on any atom is -0.384 e. The number of ether oxygens (including phenoxy) is 1. The number of methoxy groups -OCH3 is 1. The van der Waals surface area contributed by atoms with Crippen molar-refractivity contribution in [2.75, 3.05) is 13.7 Å². The molecule has 0 radical (unpaired) electrons. The molecule has 2 fully saturated rings. The van der Waals surface area contributed by atoms with Gasteiger partial charge in [-0.2, -0.15) is 0 Å². The van der Waals surface area contributed by atoms with Crippen LogP contribution in [0.2, 0.25) is 0 Å². The van der Waals surface area contributed by atoms with Gasteiger partial charge in [-0.25, -0.2) is 0 Å². The molecule has 0 bridgehead atoms. The molecule has 3 nitrogen and oxygen atoms in total. The van der Waals surface area contributed by atoms with E-state index in [1.807, 2.05) is 0 Å². The molecule has 15 heavy (non-hydrogen) atoms. The first kappa shape index (κ1) is 10.9. The van der Waals surface area contributed by atoms with Gasteiger partial charge in [0.05, 0.1) is 0 Å². The smallest absolute Gasteiger partial charge is 0.223 e. The summed E-state index contributed by atoms with van der Waals surface area (Å²) in [5.41, 5.74) is 0. The first-order valence-electron chi connectivity index (χ1n) is 6.10. The topological polar surface area (TPSA) is 38.3 Å². The van der Waals surface area contributed by atoms with Crippen LogP contribution in [-0.2, 0) is 9.53 Å². The second-order valence-corrected chi connectivity index (χ2v) is 4.90. The van der Waals surface area contributed by atoms with E-state index in [1.54, 1.807) is 7.11 Å². The maximum absolute atomic E-state index is 11.8. The fourth-order valence-corrected chi connectivity index (χ4v) is 2.52. The van der Waals surface area contributed by atoms with E-state index in [9.17, 15) is 4.79 Å². The van der Waals surface area contributed by atoms with E-state index in [2.05, 4.69) is 5.32 Å². The monoisotopic (exact) mass is 211 g/mol. The van der Waals surface area contributed by atoms with Crippen LogP contribution >= 0.6 is 0 Å². The van der Waals surface area contributed by atoms with Crippen LogP contribution in [0.3, 0.4) is 0 Å². The number of hydrogen-bond acceptors (Lipinski definition) is 2. The predicted molar refractivity (Wildman–Crippen MR) is 58.5 cm³/mol. The van der Waals surface area contributed by atoms with E-state index >= 15 is 0 Å². The lowest BCUT2D eigenvalue weighted by Gasteiger charge is -2.22. The molecular formula is C12H21NO2. The predicted octanol–water partition coefficient (Wildman–Crippen LogP) is 1.72. The van der Waals surface area contributed by atoms with E-state index in [4.69, 9.17) is 4.74 Å². The minimum atomic E-state index is 0.242. The molecule has 1 N–H and O–H groups in total. The van der Waals surface area contributed by atoms with Crippen LogP contribution in [0.15, 0.2) is 0 Å². The molecule has 2 rings (SSSR count). The normalized spacial score (nSPS) is 31.3. The summed E-state index contributed by atoms with van der Waals surface area (Å²) in [7, 11) is 1.70. The molecule has 2 aliphatic carbocycles. The van der Waals surface area contributed by atoms with Gasteiger partial charge >= 0.3 is 0 Å². The maximum atomic E-state index is 11.8. The molecule has 0 aromatic heterocycles. The zero-order valence-electron chi connectivity index (χ0n) is 9.50. The van der Waals surface area contributed by atoms with Crippen LogP contribution in [0.4, 0.5) is 0 Å². The zero-order valence-corrected chi connectivity index (χ0v) is 9.50. The Labute approximate surface area is 91.6 Å². The number of amides is 1. The number of carbonyl (C=O) groups excluding carboxylic acids is 1. The molecule has 2 saturated carbocycles. The van der Waals surface area contributed by atoms with Crippen molar-refractivity contribution >= 4 is 5.91 Å². The summed E-state index contributed by atoms with van der Waals surface area (Å²) in [5, 5.41) is 3.17. The fraction of sp³-hybridized carbons (Fsp3) is 0.917. The van der Waals surface area contributed by atoms with Crippen molar-refractivity contribution in [3.8, 4) is 0 Å². The van der Waals surface area contributed by atoms with Gasteiger partial charge in [-0.1, -0.05) is 19.3 Å². The summed E-state index contributed by atoms with van der Waals surface area (Å²) in [5.74, 6) is 0.995. The molecular weight excluding hydrogens is 190 g/mol. The van der Waals surface area contributed by atoms with Crippen molar-refractivity contribution in [3.63, 3.8) is 0 Å². The highest BCUT2D eigenvalue weighted by Gasteiger charge is 2.43. The summed E-state index contributed by atoms with van der Waals surface area (Å²) in [4.78, 5) is 11.8. The average Bonchev–Trinajstić information content (AvgIpc) is 2.99. The van der Waals surface area contributed by atoms with Crippen LogP contribution in [0.5, 0.6) is 0 Å². The van der Waals surface area contributed by atoms with Gasteiger partial charge in [0.2, 0.25) is 5.91 Å². The molecule has 3 heteroatoms. The van der Waals surface area contributed by atoms with Crippen molar-refractivity contribution in [1.29, 1.82) is 0 Å². The highest BCUT2D eigenvalue weighted by molar-refractivity contribution is 5.81. The summed E-state index contributed by atoms with van der Waals surface area (Å²) in [6.45, 7) is 0.739. The Balaban J connectivity index is 1.68. The third kappa shape index (κ3) is 2.94. The summed E-state index contributed by atoms with van der Waals surface area (Å²) in [6.07, 6.45) is 7.25. The van der Waals surface area contributed by atoms with E-state index in [0.717, 1.165) is 13.0 Å². The van der Waals surface area contributed by atoms with Gasteiger partial charge in [-0.15, -0.1) is 0 Å². The molecule has 0 saturated heterocycles.